The maximum atomic E-state index is 13.0. The van der Waals surface area contributed by atoms with Crippen LogP contribution in [0.1, 0.15) is 46.6 Å². The number of rotatable bonds is 6. The first-order valence-electron chi connectivity index (χ1n) is 10.5. The molecule has 162 valence electrons. The lowest BCUT2D eigenvalue weighted by Gasteiger charge is -2.15. The van der Waals surface area contributed by atoms with Gasteiger partial charge in [0.25, 0.3) is 5.91 Å². The highest BCUT2D eigenvalue weighted by Crippen LogP contribution is 2.28. The van der Waals surface area contributed by atoms with E-state index >= 15 is 0 Å². The Balaban J connectivity index is 1.59. The minimum absolute atomic E-state index is 0.159. The number of hydrogen-bond donors (Lipinski definition) is 1. The van der Waals surface area contributed by atoms with E-state index in [1.165, 1.54) is 0 Å². The summed E-state index contributed by atoms with van der Waals surface area (Å²) in [7, 11) is 0. The zero-order valence-electron chi connectivity index (χ0n) is 18.0. The molecule has 2 amide bonds. The lowest BCUT2D eigenvalue weighted by molar-refractivity contribution is -0.127. The molecule has 0 bridgehead atoms. The number of carbonyl (C=O) groups is 2. The minimum atomic E-state index is -0.159. The number of nitrogens with zero attached hydrogens (tertiary/aromatic N) is 4. The van der Waals surface area contributed by atoms with E-state index in [0.717, 1.165) is 47.4 Å². The van der Waals surface area contributed by atoms with Gasteiger partial charge in [-0.05, 0) is 57.4 Å². The highest BCUT2D eigenvalue weighted by molar-refractivity contribution is 6.31. The Labute approximate surface area is 186 Å². The van der Waals surface area contributed by atoms with E-state index in [0.29, 0.717) is 35.7 Å². The zero-order chi connectivity index (χ0) is 22.1. The summed E-state index contributed by atoms with van der Waals surface area (Å²) in [5.41, 5.74) is 4.40. The summed E-state index contributed by atoms with van der Waals surface area (Å²) < 4.78 is 1.76. The number of nitrogens with one attached hydrogen (secondary N) is 1. The van der Waals surface area contributed by atoms with Gasteiger partial charge < -0.3 is 10.2 Å². The van der Waals surface area contributed by atoms with Crippen LogP contribution in [0.25, 0.3) is 16.7 Å². The Morgan fingerprint density at radius 2 is 2.06 bits per heavy atom. The molecule has 4 rings (SSSR count). The van der Waals surface area contributed by atoms with Gasteiger partial charge in [-0.15, -0.1) is 0 Å². The first-order chi connectivity index (χ1) is 14.9. The third-order valence-electron chi connectivity index (χ3n) is 5.71. The van der Waals surface area contributed by atoms with Crippen molar-refractivity contribution in [3.63, 3.8) is 0 Å². The van der Waals surface area contributed by atoms with Gasteiger partial charge in [-0.1, -0.05) is 17.7 Å². The van der Waals surface area contributed by atoms with E-state index in [1.807, 2.05) is 43.9 Å². The van der Waals surface area contributed by atoms with Gasteiger partial charge in [0.1, 0.15) is 0 Å². The smallest absolute Gasteiger partial charge is 0.252 e. The van der Waals surface area contributed by atoms with E-state index in [4.69, 9.17) is 11.6 Å². The van der Waals surface area contributed by atoms with E-state index in [2.05, 4.69) is 15.4 Å². The van der Waals surface area contributed by atoms with E-state index in [1.54, 1.807) is 10.7 Å². The highest BCUT2D eigenvalue weighted by Gasteiger charge is 2.21. The highest BCUT2D eigenvalue weighted by atomic mass is 35.5. The van der Waals surface area contributed by atoms with Gasteiger partial charge in [-0.3, -0.25) is 9.59 Å². The van der Waals surface area contributed by atoms with E-state index in [9.17, 15) is 9.59 Å². The number of halogens is 1. The van der Waals surface area contributed by atoms with Gasteiger partial charge in [0.15, 0.2) is 5.65 Å². The molecule has 7 nitrogen and oxygen atoms in total. The molecule has 1 aliphatic heterocycles. The van der Waals surface area contributed by atoms with E-state index < -0.39 is 0 Å². The van der Waals surface area contributed by atoms with Crippen LogP contribution in [-0.4, -0.2) is 51.1 Å². The first kappa shape index (κ1) is 21.3. The van der Waals surface area contributed by atoms with Crippen molar-refractivity contribution < 1.29 is 9.59 Å². The molecule has 2 aromatic heterocycles. The number of benzene rings is 1. The summed E-state index contributed by atoms with van der Waals surface area (Å²) in [6, 6.07) is 7.45. The molecule has 1 N–H and O–H groups in total. The second-order valence-corrected chi connectivity index (χ2v) is 8.39. The average Bonchev–Trinajstić information content (AvgIpc) is 3.29. The number of aryl methyl sites for hydroxylation is 2. The van der Waals surface area contributed by atoms with Crippen molar-refractivity contribution in [3.05, 3.63) is 51.8 Å². The summed E-state index contributed by atoms with van der Waals surface area (Å²) in [4.78, 5) is 31.3. The Bertz CT molecular complexity index is 1170. The Morgan fingerprint density at radius 1 is 1.26 bits per heavy atom. The van der Waals surface area contributed by atoms with Crippen LogP contribution in [0, 0.1) is 20.8 Å². The molecule has 8 heteroatoms. The molecule has 1 aliphatic rings. The molecule has 0 atom stereocenters. The van der Waals surface area contributed by atoms with Gasteiger partial charge in [-0.2, -0.15) is 5.10 Å². The normalized spacial score (nSPS) is 13.9. The molecule has 3 heterocycles. The number of likely N-dealkylation sites (tertiary alicyclic amines) is 1. The molecule has 1 aromatic carbocycles. The van der Waals surface area contributed by atoms with Crippen LogP contribution < -0.4 is 5.32 Å². The van der Waals surface area contributed by atoms with Crippen molar-refractivity contribution in [3.8, 4) is 5.69 Å². The van der Waals surface area contributed by atoms with Crippen LogP contribution in [0.15, 0.2) is 24.3 Å². The van der Waals surface area contributed by atoms with Crippen molar-refractivity contribution >= 4 is 34.4 Å². The second kappa shape index (κ2) is 8.67. The lowest BCUT2D eigenvalue weighted by Crippen LogP contribution is -2.30. The van der Waals surface area contributed by atoms with Crippen molar-refractivity contribution in [2.24, 2.45) is 0 Å². The van der Waals surface area contributed by atoms with Gasteiger partial charge in [0.05, 0.1) is 22.3 Å². The molecule has 0 radical (unpaired) electrons. The quantitative estimate of drug-likeness (QED) is 0.593. The molecule has 0 aliphatic carbocycles. The molecule has 1 fully saturated rings. The van der Waals surface area contributed by atoms with Gasteiger partial charge in [-0.25, -0.2) is 9.67 Å². The van der Waals surface area contributed by atoms with Crippen LogP contribution in [0.3, 0.4) is 0 Å². The second-order valence-electron chi connectivity index (χ2n) is 7.98. The van der Waals surface area contributed by atoms with Crippen LogP contribution in [0.4, 0.5) is 0 Å². The number of aromatic nitrogens is 3. The third-order valence-corrected chi connectivity index (χ3v) is 6.12. The fraction of sp³-hybridized carbons (Fsp3) is 0.391. The largest absolute Gasteiger partial charge is 0.352 e. The number of amides is 2. The number of hydrogen-bond acceptors (Lipinski definition) is 4. The molecule has 3 aromatic rings. The van der Waals surface area contributed by atoms with Crippen molar-refractivity contribution in [2.75, 3.05) is 19.6 Å². The first-order valence-corrected chi connectivity index (χ1v) is 10.9. The lowest BCUT2D eigenvalue weighted by atomic mass is 10.1. The fourth-order valence-corrected chi connectivity index (χ4v) is 4.26. The van der Waals surface area contributed by atoms with Crippen LogP contribution in [0.5, 0.6) is 0 Å². The SMILES string of the molecule is Cc1cc(C(=O)NCCCN2CCCC2=O)c2c(C)nn(-c3cccc(Cl)c3C)c2n1. The Hall–Kier alpha value is -2.93. The van der Waals surface area contributed by atoms with Crippen molar-refractivity contribution in [2.45, 2.75) is 40.0 Å². The van der Waals surface area contributed by atoms with Crippen molar-refractivity contribution in [1.29, 1.82) is 0 Å². The molecule has 31 heavy (non-hydrogen) atoms. The molecule has 1 saturated heterocycles. The maximum absolute atomic E-state index is 13.0. The van der Waals surface area contributed by atoms with Gasteiger partial charge >= 0.3 is 0 Å². The molecule has 0 unspecified atom stereocenters. The monoisotopic (exact) mass is 439 g/mol. The molecular weight excluding hydrogens is 414 g/mol. The summed E-state index contributed by atoms with van der Waals surface area (Å²) in [6.45, 7) is 7.69. The van der Waals surface area contributed by atoms with Gasteiger partial charge in [0, 0.05) is 36.8 Å². The van der Waals surface area contributed by atoms with Crippen LogP contribution in [-0.2, 0) is 4.79 Å². The van der Waals surface area contributed by atoms with Gasteiger partial charge in [0.2, 0.25) is 5.91 Å². The van der Waals surface area contributed by atoms with Crippen LogP contribution in [0.2, 0.25) is 5.02 Å². The maximum Gasteiger partial charge on any atom is 0.252 e. The summed E-state index contributed by atoms with van der Waals surface area (Å²) in [6.07, 6.45) is 2.29. The summed E-state index contributed by atoms with van der Waals surface area (Å²) in [5.74, 6) is 0.0471. The Morgan fingerprint density at radius 3 is 2.81 bits per heavy atom. The fourth-order valence-electron chi connectivity index (χ4n) is 4.09. The van der Waals surface area contributed by atoms with E-state index in [-0.39, 0.29) is 11.8 Å². The predicted octanol–water partition coefficient (Wildman–Crippen LogP) is 3.74. The standard InChI is InChI=1S/C23H26ClN5O2/c1-14-13-17(23(31)25-10-6-12-28-11-5-9-20(28)30)21-16(3)27-29(22(21)26-14)19-8-4-7-18(24)15(19)2/h4,7-8,13H,5-6,9-12H2,1-3H3,(H,25,31). The third kappa shape index (κ3) is 4.14. The predicted molar refractivity (Wildman–Crippen MR) is 121 cm³/mol. The summed E-state index contributed by atoms with van der Waals surface area (Å²) >= 11 is 6.31. The number of carbonyl (C=O) groups excluding carboxylic acids is 2. The minimum Gasteiger partial charge on any atom is -0.352 e. The average molecular weight is 440 g/mol. The topological polar surface area (TPSA) is 80.1 Å². The molecule has 0 spiro atoms. The molecular formula is C23H26ClN5O2. The van der Waals surface area contributed by atoms with Crippen molar-refractivity contribution in [1.82, 2.24) is 25.0 Å². The number of fused-ring (bicyclic) bond motifs is 1. The summed E-state index contributed by atoms with van der Waals surface area (Å²) in [5, 5.41) is 9.05. The molecule has 0 saturated carbocycles. The number of pyridine rings is 1. The Kier molecular flexibility index (Phi) is 5.96. The van der Waals surface area contributed by atoms with Crippen LogP contribution >= 0.6 is 11.6 Å². The zero-order valence-corrected chi connectivity index (χ0v) is 18.8.